The third kappa shape index (κ3) is 2.93. The van der Waals surface area contributed by atoms with Crippen LogP contribution in [0.15, 0.2) is 58.2 Å². The second-order valence-corrected chi connectivity index (χ2v) is 6.20. The van der Waals surface area contributed by atoms with Crippen LogP contribution in [0.4, 0.5) is 4.39 Å². The van der Waals surface area contributed by atoms with Crippen molar-refractivity contribution in [2.45, 2.75) is 11.4 Å². The Bertz CT molecular complexity index is 873. The molecule has 1 N–H and O–H groups in total. The first-order valence-electron chi connectivity index (χ1n) is 6.12. The van der Waals surface area contributed by atoms with E-state index in [1.54, 1.807) is 6.07 Å². The summed E-state index contributed by atoms with van der Waals surface area (Å²) in [6.07, 6.45) is 1.26. The van der Waals surface area contributed by atoms with Gasteiger partial charge in [0.25, 0.3) is 0 Å². The third-order valence-electron chi connectivity index (χ3n) is 2.99. The molecule has 0 atom stereocenters. The highest BCUT2D eigenvalue weighted by Gasteiger charge is 2.15. The highest BCUT2D eigenvalue weighted by Crippen LogP contribution is 2.18. The van der Waals surface area contributed by atoms with Crippen molar-refractivity contribution in [1.82, 2.24) is 9.71 Å². The Morgan fingerprint density at radius 1 is 1.14 bits per heavy atom. The van der Waals surface area contributed by atoms with E-state index < -0.39 is 10.0 Å². The Balaban J connectivity index is 1.81. The standard InChI is InChI=1S/C14H11FN2O3S/c15-11-3-1-10(2-4-11)8-17-21(18,19)12-5-6-13-14(7-12)20-9-16-13/h1-7,9,17H,8H2. The van der Waals surface area contributed by atoms with E-state index >= 15 is 0 Å². The number of hydrogen-bond acceptors (Lipinski definition) is 4. The molecule has 1 aromatic heterocycles. The van der Waals surface area contributed by atoms with Crippen LogP contribution in [0.5, 0.6) is 0 Å². The summed E-state index contributed by atoms with van der Waals surface area (Å²) >= 11 is 0. The fraction of sp³-hybridized carbons (Fsp3) is 0.0714. The lowest BCUT2D eigenvalue weighted by Crippen LogP contribution is -2.23. The molecule has 0 aliphatic carbocycles. The van der Waals surface area contributed by atoms with Crippen LogP contribution >= 0.6 is 0 Å². The van der Waals surface area contributed by atoms with Crippen molar-refractivity contribution in [1.29, 1.82) is 0 Å². The van der Waals surface area contributed by atoms with Crippen molar-refractivity contribution in [3.63, 3.8) is 0 Å². The summed E-state index contributed by atoms with van der Waals surface area (Å²) in [5.41, 5.74) is 1.66. The van der Waals surface area contributed by atoms with Crippen LogP contribution < -0.4 is 4.72 Å². The Morgan fingerprint density at radius 3 is 2.67 bits per heavy atom. The average molecular weight is 306 g/mol. The van der Waals surface area contributed by atoms with E-state index in [2.05, 4.69) is 9.71 Å². The van der Waals surface area contributed by atoms with Crippen LogP contribution in [-0.2, 0) is 16.6 Å². The topological polar surface area (TPSA) is 72.2 Å². The molecule has 1 heterocycles. The number of hydrogen-bond donors (Lipinski definition) is 1. The number of oxazole rings is 1. The molecule has 7 heteroatoms. The number of rotatable bonds is 4. The maximum absolute atomic E-state index is 12.8. The SMILES string of the molecule is O=S(=O)(NCc1ccc(F)cc1)c1ccc2ncoc2c1. The number of benzene rings is 2. The second kappa shape index (κ2) is 5.27. The number of sulfonamides is 1. The van der Waals surface area contributed by atoms with Gasteiger partial charge in [-0.1, -0.05) is 12.1 Å². The van der Waals surface area contributed by atoms with Crippen molar-refractivity contribution in [2.24, 2.45) is 0 Å². The molecule has 0 spiro atoms. The fourth-order valence-electron chi connectivity index (χ4n) is 1.87. The molecule has 2 aromatic carbocycles. The van der Waals surface area contributed by atoms with Crippen LogP contribution in [0.1, 0.15) is 5.56 Å². The predicted molar refractivity (Wildman–Crippen MR) is 74.4 cm³/mol. The number of nitrogens with one attached hydrogen (secondary N) is 1. The number of halogens is 1. The van der Waals surface area contributed by atoms with Gasteiger partial charge in [0.15, 0.2) is 12.0 Å². The minimum absolute atomic E-state index is 0.0804. The molecular weight excluding hydrogens is 295 g/mol. The van der Waals surface area contributed by atoms with Gasteiger partial charge in [-0.15, -0.1) is 0 Å². The first-order chi connectivity index (χ1) is 10.0. The molecule has 0 aliphatic heterocycles. The van der Waals surface area contributed by atoms with Crippen molar-refractivity contribution in [3.05, 3.63) is 60.2 Å². The zero-order valence-electron chi connectivity index (χ0n) is 10.8. The second-order valence-electron chi connectivity index (χ2n) is 4.43. The summed E-state index contributed by atoms with van der Waals surface area (Å²) in [7, 11) is -3.67. The van der Waals surface area contributed by atoms with E-state index in [1.807, 2.05) is 0 Å². The monoisotopic (exact) mass is 306 g/mol. The lowest BCUT2D eigenvalue weighted by Gasteiger charge is -2.06. The Morgan fingerprint density at radius 2 is 1.90 bits per heavy atom. The quantitative estimate of drug-likeness (QED) is 0.803. The van der Waals surface area contributed by atoms with Crippen LogP contribution in [-0.4, -0.2) is 13.4 Å². The Labute approximate surface area is 120 Å². The first kappa shape index (κ1) is 13.7. The third-order valence-corrected chi connectivity index (χ3v) is 4.39. The van der Waals surface area contributed by atoms with Gasteiger partial charge in [0.05, 0.1) is 4.90 Å². The summed E-state index contributed by atoms with van der Waals surface area (Å²) in [6.45, 7) is 0.0804. The maximum Gasteiger partial charge on any atom is 0.241 e. The molecule has 0 aliphatic rings. The zero-order valence-corrected chi connectivity index (χ0v) is 11.6. The van der Waals surface area contributed by atoms with E-state index in [-0.39, 0.29) is 17.3 Å². The van der Waals surface area contributed by atoms with E-state index in [9.17, 15) is 12.8 Å². The zero-order chi connectivity index (χ0) is 14.9. The van der Waals surface area contributed by atoms with E-state index in [1.165, 1.54) is 42.8 Å². The summed E-state index contributed by atoms with van der Waals surface area (Å²) in [5.74, 6) is -0.364. The lowest BCUT2D eigenvalue weighted by molar-refractivity contribution is 0.579. The first-order valence-corrected chi connectivity index (χ1v) is 7.60. The van der Waals surface area contributed by atoms with E-state index in [4.69, 9.17) is 4.42 Å². The van der Waals surface area contributed by atoms with Crippen LogP contribution in [0.3, 0.4) is 0 Å². The van der Waals surface area contributed by atoms with E-state index in [0.717, 1.165) is 0 Å². The van der Waals surface area contributed by atoms with Gasteiger partial charge in [0, 0.05) is 12.6 Å². The summed E-state index contributed by atoms with van der Waals surface area (Å²) in [6, 6.07) is 10.1. The molecule has 0 saturated heterocycles. The molecule has 0 saturated carbocycles. The molecular formula is C14H11FN2O3S. The van der Waals surface area contributed by atoms with Gasteiger partial charge in [-0.2, -0.15) is 0 Å². The minimum Gasteiger partial charge on any atom is -0.443 e. The summed E-state index contributed by atoms with van der Waals surface area (Å²) in [4.78, 5) is 4.02. The number of nitrogens with zero attached hydrogens (tertiary/aromatic N) is 1. The number of fused-ring (bicyclic) bond motifs is 1. The van der Waals surface area contributed by atoms with E-state index in [0.29, 0.717) is 16.7 Å². The van der Waals surface area contributed by atoms with Gasteiger partial charge in [-0.25, -0.2) is 22.5 Å². The molecule has 0 amide bonds. The Kier molecular flexibility index (Phi) is 3.44. The minimum atomic E-state index is -3.67. The summed E-state index contributed by atoms with van der Waals surface area (Å²) in [5, 5.41) is 0. The molecule has 0 bridgehead atoms. The van der Waals surface area contributed by atoms with Gasteiger partial charge in [0.2, 0.25) is 10.0 Å². The van der Waals surface area contributed by atoms with Gasteiger partial charge >= 0.3 is 0 Å². The highest BCUT2D eigenvalue weighted by atomic mass is 32.2. The number of aromatic nitrogens is 1. The molecule has 3 rings (SSSR count). The molecule has 0 radical (unpaired) electrons. The smallest absolute Gasteiger partial charge is 0.241 e. The largest absolute Gasteiger partial charge is 0.443 e. The van der Waals surface area contributed by atoms with Gasteiger partial charge in [-0.05, 0) is 29.8 Å². The normalized spacial score (nSPS) is 11.9. The van der Waals surface area contributed by atoms with Crippen LogP contribution in [0, 0.1) is 5.82 Å². The molecule has 5 nitrogen and oxygen atoms in total. The molecule has 108 valence electrons. The van der Waals surface area contributed by atoms with Crippen molar-refractivity contribution < 1.29 is 17.2 Å². The predicted octanol–water partition coefficient (Wildman–Crippen LogP) is 2.45. The Hall–Kier alpha value is -2.25. The van der Waals surface area contributed by atoms with Gasteiger partial charge in [0.1, 0.15) is 11.3 Å². The molecule has 0 unspecified atom stereocenters. The lowest BCUT2D eigenvalue weighted by atomic mass is 10.2. The fourth-order valence-corrected chi connectivity index (χ4v) is 2.90. The highest BCUT2D eigenvalue weighted by molar-refractivity contribution is 7.89. The van der Waals surface area contributed by atoms with Gasteiger partial charge in [-0.3, -0.25) is 0 Å². The van der Waals surface area contributed by atoms with Crippen LogP contribution in [0.25, 0.3) is 11.1 Å². The van der Waals surface area contributed by atoms with Crippen molar-refractivity contribution >= 4 is 21.1 Å². The molecule has 0 fully saturated rings. The average Bonchev–Trinajstić information content (AvgIpc) is 2.94. The molecule has 3 aromatic rings. The summed E-state index contributed by atoms with van der Waals surface area (Å²) < 4.78 is 44.7. The molecule has 21 heavy (non-hydrogen) atoms. The van der Waals surface area contributed by atoms with Gasteiger partial charge < -0.3 is 4.42 Å². The maximum atomic E-state index is 12.8. The van der Waals surface area contributed by atoms with Crippen LogP contribution in [0.2, 0.25) is 0 Å². The van der Waals surface area contributed by atoms with Crippen molar-refractivity contribution in [2.75, 3.05) is 0 Å². The van der Waals surface area contributed by atoms with Crippen molar-refractivity contribution in [3.8, 4) is 0 Å².